The maximum absolute atomic E-state index is 13.4. The first-order valence-electron chi connectivity index (χ1n) is 12.7. The van der Waals surface area contributed by atoms with Crippen molar-refractivity contribution in [3.63, 3.8) is 0 Å². The molecule has 1 saturated heterocycles. The van der Waals surface area contributed by atoms with Crippen LogP contribution in [0.3, 0.4) is 0 Å². The number of amides is 2. The molecule has 0 saturated carbocycles. The lowest BCUT2D eigenvalue weighted by Gasteiger charge is -2.46. The number of carbonyl (C=O) groups is 3. The van der Waals surface area contributed by atoms with E-state index >= 15 is 0 Å². The number of aliphatic hydroxyl groups is 1. The van der Waals surface area contributed by atoms with Gasteiger partial charge in [-0.3, -0.25) is 19.3 Å². The van der Waals surface area contributed by atoms with Crippen LogP contribution in [0, 0.1) is 0 Å². The summed E-state index contributed by atoms with van der Waals surface area (Å²) < 4.78 is 23.6. The number of ether oxygens (including phenoxy) is 4. The number of rotatable bonds is 9. The fourth-order valence-corrected chi connectivity index (χ4v) is 4.95. The molecule has 1 N–H and O–H groups in total. The van der Waals surface area contributed by atoms with Crippen molar-refractivity contribution in [1.82, 2.24) is 4.90 Å². The molecule has 0 bridgehead atoms. The van der Waals surface area contributed by atoms with Crippen LogP contribution in [0.2, 0.25) is 0 Å². The minimum Gasteiger partial charge on any atom is -0.457 e. The van der Waals surface area contributed by atoms with Crippen molar-refractivity contribution in [1.29, 1.82) is 0 Å². The first-order chi connectivity index (χ1) is 18.9. The number of nitrogens with zero attached hydrogens (tertiary/aromatic N) is 1. The number of hydrogen-bond donors (Lipinski definition) is 1. The molecule has 2 aliphatic rings. The smallest absolute Gasteiger partial charge is 0.303 e. The van der Waals surface area contributed by atoms with Gasteiger partial charge < -0.3 is 24.1 Å². The van der Waals surface area contributed by atoms with Gasteiger partial charge >= 0.3 is 5.97 Å². The highest BCUT2D eigenvalue weighted by Crippen LogP contribution is 2.34. The number of aliphatic hydroxyl groups excluding tert-OH is 1. The van der Waals surface area contributed by atoms with Gasteiger partial charge in [-0.25, -0.2) is 0 Å². The van der Waals surface area contributed by atoms with Gasteiger partial charge in [-0.2, -0.15) is 0 Å². The summed E-state index contributed by atoms with van der Waals surface area (Å²) in [5, 5.41) is 11.2. The number of carbonyl (C=O) groups excluding carboxylic acids is 3. The summed E-state index contributed by atoms with van der Waals surface area (Å²) in [6.07, 6.45) is -4.74. The van der Waals surface area contributed by atoms with Crippen molar-refractivity contribution in [3.05, 3.63) is 107 Å². The molecule has 1 fully saturated rings. The molecule has 5 rings (SSSR count). The highest BCUT2D eigenvalue weighted by molar-refractivity contribution is 6.21. The fraction of sp³-hybridized carbons (Fsp3) is 0.300. The molecule has 9 nitrogen and oxygen atoms in total. The molecule has 2 heterocycles. The Kier molecular flexibility index (Phi) is 8.13. The van der Waals surface area contributed by atoms with Crippen LogP contribution in [0.25, 0.3) is 0 Å². The molecule has 39 heavy (non-hydrogen) atoms. The van der Waals surface area contributed by atoms with Crippen molar-refractivity contribution in [2.75, 3.05) is 6.61 Å². The van der Waals surface area contributed by atoms with E-state index in [4.69, 9.17) is 18.9 Å². The molecule has 2 amide bonds. The SMILES string of the molecule is CC(=O)O[C@H]1[C@H](OCc2ccccc2)[C@@H](N2C(=O)c3ccccc3C2=O)C(O)O[C@@H]1COCc1ccccc1. The van der Waals surface area contributed by atoms with E-state index in [9.17, 15) is 19.5 Å². The van der Waals surface area contributed by atoms with Crippen LogP contribution in [-0.2, 0) is 37.0 Å². The van der Waals surface area contributed by atoms with Crippen LogP contribution in [0.1, 0.15) is 38.8 Å². The van der Waals surface area contributed by atoms with Crippen molar-refractivity contribution in [3.8, 4) is 0 Å². The predicted octanol–water partition coefficient (Wildman–Crippen LogP) is 3.10. The normalized spacial score (nSPS) is 24.5. The van der Waals surface area contributed by atoms with Gasteiger partial charge in [0.25, 0.3) is 11.8 Å². The standard InChI is InChI=1S/C30H29NO8/c1-19(32)38-26-24(18-36-16-20-10-4-2-5-11-20)39-30(35)25(27(26)37-17-21-12-6-3-7-13-21)31-28(33)22-14-8-9-15-23(22)29(31)34/h2-15,24-27,30,35H,16-18H2,1H3/t24-,25-,26-,27-,30?/m1/s1. The molecular weight excluding hydrogens is 502 g/mol. The Labute approximate surface area is 225 Å². The topological polar surface area (TPSA) is 112 Å². The Hall–Kier alpha value is -3.89. The Bertz CT molecular complexity index is 1280. The van der Waals surface area contributed by atoms with Crippen molar-refractivity contribution >= 4 is 17.8 Å². The van der Waals surface area contributed by atoms with Crippen LogP contribution in [0.15, 0.2) is 84.9 Å². The summed E-state index contributed by atoms with van der Waals surface area (Å²) in [6, 6.07) is 23.9. The van der Waals surface area contributed by atoms with E-state index in [0.29, 0.717) is 0 Å². The van der Waals surface area contributed by atoms with E-state index in [1.165, 1.54) is 6.92 Å². The van der Waals surface area contributed by atoms with Crippen LogP contribution in [0.5, 0.6) is 0 Å². The van der Waals surface area contributed by atoms with Gasteiger partial charge in [0, 0.05) is 6.92 Å². The summed E-state index contributed by atoms with van der Waals surface area (Å²) in [7, 11) is 0. The van der Waals surface area contributed by atoms with Crippen LogP contribution < -0.4 is 0 Å². The minimum atomic E-state index is -1.62. The summed E-state index contributed by atoms with van der Waals surface area (Å²) in [5.41, 5.74) is 2.18. The van der Waals surface area contributed by atoms with Gasteiger partial charge in [0.2, 0.25) is 0 Å². The van der Waals surface area contributed by atoms with Gasteiger partial charge in [0.15, 0.2) is 12.4 Å². The fourth-order valence-electron chi connectivity index (χ4n) is 4.95. The molecule has 5 atom stereocenters. The lowest BCUT2D eigenvalue weighted by molar-refractivity contribution is -0.280. The van der Waals surface area contributed by atoms with Crippen LogP contribution in [-0.4, -0.2) is 65.0 Å². The van der Waals surface area contributed by atoms with Crippen LogP contribution >= 0.6 is 0 Å². The van der Waals surface area contributed by atoms with Crippen LogP contribution in [0.4, 0.5) is 0 Å². The molecule has 202 valence electrons. The Morgan fingerprint density at radius 2 is 1.36 bits per heavy atom. The number of esters is 1. The van der Waals surface area contributed by atoms with Gasteiger partial charge in [0.1, 0.15) is 18.2 Å². The van der Waals surface area contributed by atoms with Gasteiger partial charge in [0.05, 0.1) is 30.9 Å². The zero-order chi connectivity index (χ0) is 27.4. The molecule has 3 aromatic rings. The summed E-state index contributed by atoms with van der Waals surface area (Å²) >= 11 is 0. The number of fused-ring (bicyclic) bond motifs is 1. The third-order valence-corrected chi connectivity index (χ3v) is 6.74. The van der Waals surface area contributed by atoms with Gasteiger partial charge in [-0.1, -0.05) is 72.8 Å². The first-order valence-corrected chi connectivity index (χ1v) is 12.7. The highest BCUT2D eigenvalue weighted by Gasteiger charge is 2.55. The van der Waals surface area contributed by atoms with Crippen molar-refractivity contribution < 1.29 is 38.4 Å². The number of hydrogen-bond acceptors (Lipinski definition) is 8. The third kappa shape index (κ3) is 5.76. The molecular formula is C30H29NO8. The monoisotopic (exact) mass is 531 g/mol. The summed E-state index contributed by atoms with van der Waals surface area (Å²) in [6.45, 7) is 1.55. The van der Waals surface area contributed by atoms with Crippen molar-refractivity contribution in [2.24, 2.45) is 0 Å². The predicted molar refractivity (Wildman–Crippen MR) is 138 cm³/mol. The maximum Gasteiger partial charge on any atom is 0.303 e. The average Bonchev–Trinajstić information content (AvgIpc) is 3.19. The second-order valence-corrected chi connectivity index (χ2v) is 9.42. The largest absolute Gasteiger partial charge is 0.457 e. The molecule has 9 heteroatoms. The molecule has 2 aliphatic heterocycles. The second kappa shape index (κ2) is 11.9. The van der Waals surface area contributed by atoms with Crippen molar-refractivity contribution in [2.45, 2.75) is 50.8 Å². The lowest BCUT2D eigenvalue weighted by atomic mass is 9.94. The van der Waals surface area contributed by atoms with E-state index in [-0.39, 0.29) is 30.9 Å². The molecule has 1 unspecified atom stereocenters. The van der Waals surface area contributed by atoms with Gasteiger partial charge in [-0.05, 0) is 23.3 Å². The quantitative estimate of drug-likeness (QED) is 0.331. The van der Waals surface area contributed by atoms with E-state index in [2.05, 4.69) is 0 Å². The highest BCUT2D eigenvalue weighted by atomic mass is 16.7. The molecule has 0 aliphatic carbocycles. The molecule has 0 spiro atoms. The molecule has 0 aromatic heterocycles. The minimum absolute atomic E-state index is 0.0378. The summed E-state index contributed by atoms with van der Waals surface area (Å²) in [5.74, 6) is -1.78. The number of benzene rings is 3. The Balaban J connectivity index is 1.44. The molecule has 0 radical (unpaired) electrons. The van der Waals surface area contributed by atoms with E-state index in [1.807, 2.05) is 60.7 Å². The van der Waals surface area contributed by atoms with Gasteiger partial charge in [-0.15, -0.1) is 0 Å². The van der Waals surface area contributed by atoms with E-state index in [0.717, 1.165) is 16.0 Å². The third-order valence-electron chi connectivity index (χ3n) is 6.74. The molecule has 3 aromatic carbocycles. The van der Waals surface area contributed by atoms with E-state index in [1.54, 1.807) is 24.3 Å². The Morgan fingerprint density at radius 3 is 1.92 bits per heavy atom. The first kappa shape index (κ1) is 26.7. The van der Waals surface area contributed by atoms with E-state index < -0.39 is 48.4 Å². The second-order valence-electron chi connectivity index (χ2n) is 9.42. The zero-order valence-electron chi connectivity index (χ0n) is 21.3. The summed E-state index contributed by atoms with van der Waals surface area (Å²) in [4.78, 5) is 39.9. The Morgan fingerprint density at radius 1 is 0.821 bits per heavy atom. The average molecular weight is 532 g/mol. The number of imide groups is 1. The lowest BCUT2D eigenvalue weighted by Crippen LogP contribution is -2.66. The zero-order valence-corrected chi connectivity index (χ0v) is 21.3. The maximum atomic E-state index is 13.4.